The molecule has 1 amide bonds. The highest BCUT2D eigenvalue weighted by molar-refractivity contribution is 7.86. The van der Waals surface area contributed by atoms with Gasteiger partial charge < -0.3 is 10.0 Å². The Morgan fingerprint density at radius 2 is 2.00 bits per heavy atom. The number of nitrogens with zero attached hydrogens (tertiary/aromatic N) is 1. The molecule has 0 radical (unpaired) electrons. The van der Waals surface area contributed by atoms with Gasteiger partial charge in [-0.3, -0.25) is 9.00 Å². The molecule has 0 aromatic heterocycles. The molecule has 4 nitrogen and oxygen atoms in total. The summed E-state index contributed by atoms with van der Waals surface area (Å²) in [5.74, 6) is 0.417. The van der Waals surface area contributed by atoms with Crippen LogP contribution in [0, 0.1) is 0 Å². The van der Waals surface area contributed by atoms with E-state index in [4.69, 9.17) is 0 Å². The van der Waals surface area contributed by atoms with Gasteiger partial charge in [0.15, 0.2) is 0 Å². The molecule has 1 N–H and O–H groups in total. The number of rotatable bonds is 3. The second-order valence-corrected chi connectivity index (χ2v) is 8.65. The maximum Gasteiger partial charge on any atom is 0.225 e. The summed E-state index contributed by atoms with van der Waals surface area (Å²) >= 11 is 0. The second kappa shape index (κ2) is 5.89. The first kappa shape index (κ1) is 16.2. The highest BCUT2D eigenvalue weighted by atomic mass is 32.2. The number of carbonyl (C=O) groups is 1. The zero-order valence-electron chi connectivity index (χ0n) is 12.8. The van der Waals surface area contributed by atoms with E-state index < -0.39 is 16.4 Å². The minimum atomic E-state index is -1.18. The van der Waals surface area contributed by atoms with Gasteiger partial charge >= 0.3 is 0 Å². The van der Waals surface area contributed by atoms with Gasteiger partial charge in [0.05, 0.1) is 16.8 Å². The molecule has 0 aliphatic carbocycles. The fraction of sp³-hybridized carbons (Fsp3) is 0.562. The second-order valence-electron chi connectivity index (χ2n) is 6.44. The van der Waals surface area contributed by atoms with E-state index in [1.165, 1.54) is 0 Å². The normalized spacial score (nSPS) is 24.4. The topological polar surface area (TPSA) is 57.6 Å². The van der Waals surface area contributed by atoms with Crippen molar-refractivity contribution in [1.82, 2.24) is 4.90 Å². The van der Waals surface area contributed by atoms with E-state index >= 15 is 0 Å². The number of hydrogen-bond donors (Lipinski definition) is 1. The molecule has 2 atom stereocenters. The smallest absolute Gasteiger partial charge is 0.225 e. The number of hydrogen-bond acceptors (Lipinski definition) is 3. The lowest BCUT2D eigenvalue weighted by Gasteiger charge is -2.38. The summed E-state index contributed by atoms with van der Waals surface area (Å²) in [7, 11) is -0.903. The van der Waals surface area contributed by atoms with Crippen LogP contribution in [0.4, 0.5) is 0 Å². The summed E-state index contributed by atoms with van der Waals surface area (Å²) in [5, 5.41) is 10.6. The molecule has 116 valence electrons. The molecule has 1 aliphatic rings. The van der Waals surface area contributed by atoms with Crippen molar-refractivity contribution in [2.75, 3.05) is 18.8 Å². The van der Waals surface area contributed by atoms with Gasteiger partial charge in [-0.2, -0.15) is 0 Å². The Hall–Kier alpha value is -1.20. The van der Waals surface area contributed by atoms with Crippen molar-refractivity contribution in [3.8, 4) is 0 Å². The third-order valence-electron chi connectivity index (χ3n) is 3.98. The average molecular weight is 309 g/mol. The first-order valence-corrected chi connectivity index (χ1v) is 8.48. The van der Waals surface area contributed by atoms with E-state index in [0.29, 0.717) is 18.8 Å². The van der Waals surface area contributed by atoms with Gasteiger partial charge in [-0.25, -0.2) is 0 Å². The summed E-state index contributed by atoms with van der Waals surface area (Å²) in [6.07, 6.45) is 0.0414. The number of carbonyl (C=O) groups excluding carboxylic acids is 1. The molecule has 0 spiro atoms. The molecule has 1 saturated heterocycles. The quantitative estimate of drug-likeness (QED) is 0.924. The van der Waals surface area contributed by atoms with Gasteiger partial charge in [-0.15, -0.1) is 0 Å². The fourth-order valence-corrected chi connectivity index (χ4v) is 3.84. The van der Waals surface area contributed by atoms with E-state index in [1.807, 2.05) is 44.2 Å². The maximum absolute atomic E-state index is 12.4. The van der Waals surface area contributed by atoms with Crippen LogP contribution >= 0.6 is 0 Å². The molecule has 0 bridgehead atoms. The number of aliphatic hydroxyl groups is 1. The maximum atomic E-state index is 12.4. The number of amides is 1. The third kappa shape index (κ3) is 3.71. The van der Waals surface area contributed by atoms with Crippen molar-refractivity contribution in [2.45, 2.75) is 37.5 Å². The standard InChI is InChI=1S/C16H23NO3S/c1-15(2)12-17(9-10-21(15)20)14(18)11-16(3,19)13-7-5-4-6-8-13/h4-8,19H,9-12H2,1-3H3. The molecule has 1 aliphatic heterocycles. The third-order valence-corrected chi connectivity index (χ3v) is 5.89. The molecular weight excluding hydrogens is 286 g/mol. The van der Waals surface area contributed by atoms with Gasteiger partial charge in [0.1, 0.15) is 0 Å². The van der Waals surface area contributed by atoms with Crippen LogP contribution < -0.4 is 0 Å². The predicted molar refractivity (Wildman–Crippen MR) is 84.3 cm³/mol. The van der Waals surface area contributed by atoms with Crippen molar-refractivity contribution in [2.24, 2.45) is 0 Å². The monoisotopic (exact) mass is 309 g/mol. The Morgan fingerprint density at radius 3 is 2.57 bits per heavy atom. The van der Waals surface area contributed by atoms with Crippen LogP contribution in [0.25, 0.3) is 0 Å². The molecule has 1 fully saturated rings. The van der Waals surface area contributed by atoms with Crippen LogP contribution in [0.5, 0.6) is 0 Å². The minimum Gasteiger partial charge on any atom is -0.385 e. The zero-order chi connectivity index (χ0) is 15.7. The molecule has 1 heterocycles. The fourth-order valence-electron chi connectivity index (χ4n) is 2.60. The van der Waals surface area contributed by atoms with E-state index in [2.05, 4.69) is 0 Å². The van der Waals surface area contributed by atoms with Crippen molar-refractivity contribution in [3.63, 3.8) is 0 Å². The van der Waals surface area contributed by atoms with Crippen molar-refractivity contribution < 1.29 is 14.1 Å². The highest BCUT2D eigenvalue weighted by Gasteiger charge is 2.37. The van der Waals surface area contributed by atoms with Crippen LogP contribution in [-0.2, 0) is 21.2 Å². The Balaban J connectivity index is 2.06. The van der Waals surface area contributed by atoms with Gasteiger partial charge in [0, 0.05) is 29.6 Å². The van der Waals surface area contributed by atoms with Gasteiger partial charge in [0.2, 0.25) is 5.91 Å². The van der Waals surface area contributed by atoms with Crippen molar-refractivity contribution in [1.29, 1.82) is 0 Å². The Bertz CT molecular complexity index is 540. The minimum absolute atomic E-state index is 0.0414. The Labute approximate surface area is 128 Å². The van der Waals surface area contributed by atoms with Crippen molar-refractivity contribution >= 4 is 16.7 Å². The van der Waals surface area contributed by atoms with Crippen LogP contribution in [0.3, 0.4) is 0 Å². The first-order valence-electron chi connectivity index (χ1n) is 7.16. The van der Waals surface area contributed by atoms with E-state index in [9.17, 15) is 14.1 Å². The van der Waals surface area contributed by atoms with Gasteiger partial charge in [-0.05, 0) is 26.3 Å². The van der Waals surface area contributed by atoms with Gasteiger partial charge in [0.25, 0.3) is 0 Å². The summed E-state index contributed by atoms with van der Waals surface area (Å²) < 4.78 is 11.5. The van der Waals surface area contributed by atoms with Crippen LogP contribution in [0.1, 0.15) is 32.8 Å². The van der Waals surface area contributed by atoms with Crippen LogP contribution in [0.2, 0.25) is 0 Å². The molecule has 1 aromatic carbocycles. The molecule has 5 heteroatoms. The zero-order valence-corrected chi connectivity index (χ0v) is 13.7. The summed E-state index contributed by atoms with van der Waals surface area (Å²) in [5.41, 5.74) is -0.447. The molecule has 1 aromatic rings. The lowest BCUT2D eigenvalue weighted by Crippen LogP contribution is -2.52. The number of benzene rings is 1. The van der Waals surface area contributed by atoms with E-state index in [0.717, 1.165) is 5.56 Å². The molecule has 21 heavy (non-hydrogen) atoms. The van der Waals surface area contributed by atoms with E-state index in [-0.39, 0.29) is 17.1 Å². The lowest BCUT2D eigenvalue weighted by atomic mass is 9.92. The first-order chi connectivity index (χ1) is 9.72. The SMILES string of the molecule is CC(O)(CC(=O)N1CCS(=O)C(C)(C)C1)c1ccccc1. The lowest BCUT2D eigenvalue weighted by molar-refractivity contribution is -0.136. The predicted octanol–water partition coefficient (Wildman–Crippen LogP) is 1.65. The summed E-state index contributed by atoms with van der Waals surface area (Å²) in [4.78, 5) is 14.2. The largest absolute Gasteiger partial charge is 0.385 e. The highest BCUT2D eigenvalue weighted by Crippen LogP contribution is 2.27. The molecule has 0 saturated carbocycles. The van der Waals surface area contributed by atoms with E-state index in [1.54, 1.807) is 11.8 Å². The van der Waals surface area contributed by atoms with Crippen LogP contribution in [0.15, 0.2) is 30.3 Å². The van der Waals surface area contributed by atoms with Gasteiger partial charge in [-0.1, -0.05) is 30.3 Å². The average Bonchev–Trinajstić information content (AvgIpc) is 2.42. The molecule has 2 rings (SSSR count). The molecular formula is C16H23NO3S. The van der Waals surface area contributed by atoms with Crippen LogP contribution in [-0.4, -0.2) is 43.7 Å². The van der Waals surface area contributed by atoms with Crippen molar-refractivity contribution in [3.05, 3.63) is 35.9 Å². The Kier molecular flexibility index (Phi) is 4.54. The summed E-state index contributed by atoms with van der Waals surface area (Å²) in [6, 6.07) is 9.22. The molecule has 2 unspecified atom stereocenters. The Morgan fingerprint density at radius 1 is 1.38 bits per heavy atom. The summed E-state index contributed by atoms with van der Waals surface area (Å²) in [6.45, 7) is 6.46.